The van der Waals surface area contributed by atoms with E-state index in [1.807, 2.05) is 42.1 Å². The standard InChI is InChI=1S/C13H18N2OS/c16-13(15-12-4-2-1-3-5-12)9-14-8-11-6-7-17-10-11/h1-5,11,14H,6-10H2,(H,15,16). The van der Waals surface area contributed by atoms with Crippen LogP contribution in [0.4, 0.5) is 5.69 Å². The van der Waals surface area contributed by atoms with Crippen molar-refractivity contribution in [1.82, 2.24) is 5.32 Å². The SMILES string of the molecule is O=C(CNCC1CCSC1)Nc1ccccc1. The summed E-state index contributed by atoms with van der Waals surface area (Å²) in [5, 5.41) is 6.08. The van der Waals surface area contributed by atoms with Crippen LogP contribution in [0, 0.1) is 5.92 Å². The van der Waals surface area contributed by atoms with Gasteiger partial charge in [0.05, 0.1) is 6.54 Å². The van der Waals surface area contributed by atoms with E-state index < -0.39 is 0 Å². The predicted molar refractivity (Wildman–Crippen MR) is 73.4 cm³/mol. The molecule has 17 heavy (non-hydrogen) atoms. The Morgan fingerprint density at radius 3 is 2.88 bits per heavy atom. The average molecular weight is 250 g/mol. The lowest BCUT2D eigenvalue weighted by Gasteiger charge is -2.10. The molecule has 1 atom stereocenters. The van der Waals surface area contributed by atoms with Crippen LogP contribution in [0.15, 0.2) is 30.3 Å². The first kappa shape index (κ1) is 12.5. The fraction of sp³-hybridized carbons (Fsp3) is 0.462. The molecule has 1 fully saturated rings. The number of amides is 1. The van der Waals surface area contributed by atoms with E-state index in [0.717, 1.165) is 18.2 Å². The van der Waals surface area contributed by atoms with Gasteiger partial charge in [-0.05, 0) is 42.5 Å². The Bertz CT molecular complexity index is 350. The molecule has 2 rings (SSSR count). The van der Waals surface area contributed by atoms with Crippen LogP contribution in [-0.4, -0.2) is 30.5 Å². The third kappa shape index (κ3) is 4.40. The van der Waals surface area contributed by atoms with E-state index in [0.29, 0.717) is 6.54 Å². The maximum atomic E-state index is 11.6. The lowest BCUT2D eigenvalue weighted by atomic mass is 10.1. The van der Waals surface area contributed by atoms with Crippen LogP contribution in [0.2, 0.25) is 0 Å². The molecule has 0 spiro atoms. The number of hydrogen-bond acceptors (Lipinski definition) is 3. The van der Waals surface area contributed by atoms with Crippen LogP contribution in [-0.2, 0) is 4.79 Å². The monoisotopic (exact) mass is 250 g/mol. The predicted octanol–water partition coefficient (Wildman–Crippen LogP) is 1.97. The van der Waals surface area contributed by atoms with E-state index in [2.05, 4.69) is 10.6 Å². The van der Waals surface area contributed by atoms with Gasteiger partial charge in [0.1, 0.15) is 0 Å². The lowest BCUT2D eigenvalue weighted by Crippen LogP contribution is -2.31. The molecule has 0 aromatic heterocycles. The number of thioether (sulfide) groups is 1. The fourth-order valence-electron chi connectivity index (χ4n) is 1.86. The zero-order chi connectivity index (χ0) is 11.9. The van der Waals surface area contributed by atoms with Crippen molar-refractivity contribution in [2.24, 2.45) is 5.92 Å². The Balaban J connectivity index is 1.64. The van der Waals surface area contributed by atoms with Gasteiger partial charge in [0.25, 0.3) is 0 Å². The second-order valence-corrected chi connectivity index (χ2v) is 5.42. The summed E-state index contributed by atoms with van der Waals surface area (Å²) in [4.78, 5) is 11.6. The van der Waals surface area contributed by atoms with Crippen molar-refractivity contribution in [1.29, 1.82) is 0 Å². The smallest absolute Gasteiger partial charge is 0.238 e. The summed E-state index contributed by atoms with van der Waals surface area (Å²) in [6.07, 6.45) is 1.28. The first-order valence-electron chi connectivity index (χ1n) is 5.98. The largest absolute Gasteiger partial charge is 0.325 e. The quantitative estimate of drug-likeness (QED) is 0.839. The second kappa shape index (κ2) is 6.67. The number of para-hydroxylation sites is 1. The number of carbonyl (C=O) groups is 1. The minimum Gasteiger partial charge on any atom is -0.325 e. The average Bonchev–Trinajstić information content (AvgIpc) is 2.83. The molecule has 92 valence electrons. The molecule has 0 aliphatic carbocycles. The van der Waals surface area contributed by atoms with Crippen molar-refractivity contribution in [2.45, 2.75) is 6.42 Å². The summed E-state index contributed by atoms with van der Waals surface area (Å²) < 4.78 is 0. The van der Waals surface area contributed by atoms with Crippen LogP contribution >= 0.6 is 11.8 Å². The Morgan fingerprint density at radius 2 is 2.18 bits per heavy atom. The molecular formula is C13H18N2OS. The summed E-state index contributed by atoms with van der Waals surface area (Å²) in [5.74, 6) is 3.27. The van der Waals surface area contributed by atoms with Gasteiger partial charge in [-0.3, -0.25) is 4.79 Å². The third-order valence-electron chi connectivity index (χ3n) is 2.80. The van der Waals surface area contributed by atoms with Crippen LogP contribution in [0.25, 0.3) is 0 Å². The van der Waals surface area contributed by atoms with Crippen LogP contribution in [0.3, 0.4) is 0 Å². The van der Waals surface area contributed by atoms with Crippen molar-refractivity contribution in [2.75, 3.05) is 29.9 Å². The Hall–Kier alpha value is -1.00. The molecule has 0 radical (unpaired) electrons. The summed E-state index contributed by atoms with van der Waals surface area (Å²) >= 11 is 2.00. The topological polar surface area (TPSA) is 41.1 Å². The van der Waals surface area contributed by atoms with Crippen LogP contribution in [0.1, 0.15) is 6.42 Å². The number of anilines is 1. The van der Waals surface area contributed by atoms with Gasteiger partial charge in [-0.2, -0.15) is 11.8 Å². The summed E-state index contributed by atoms with van der Waals surface area (Å²) in [6.45, 7) is 1.35. The van der Waals surface area contributed by atoms with Gasteiger partial charge in [-0.25, -0.2) is 0 Å². The number of carbonyl (C=O) groups excluding carboxylic acids is 1. The molecule has 1 amide bonds. The van der Waals surface area contributed by atoms with Gasteiger partial charge in [0, 0.05) is 5.69 Å². The molecule has 2 N–H and O–H groups in total. The number of rotatable bonds is 5. The fourth-order valence-corrected chi connectivity index (χ4v) is 3.15. The third-order valence-corrected chi connectivity index (χ3v) is 4.03. The Morgan fingerprint density at radius 1 is 1.35 bits per heavy atom. The van der Waals surface area contributed by atoms with Gasteiger partial charge in [-0.15, -0.1) is 0 Å². The highest BCUT2D eigenvalue weighted by Crippen LogP contribution is 2.22. The summed E-state index contributed by atoms with van der Waals surface area (Å²) in [7, 11) is 0. The number of nitrogens with one attached hydrogen (secondary N) is 2. The number of benzene rings is 1. The van der Waals surface area contributed by atoms with Gasteiger partial charge in [0.2, 0.25) is 5.91 Å². The summed E-state index contributed by atoms with van der Waals surface area (Å²) in [5.41, 5.74) is 0.857. The molecule has 3 nitrogen and oxygen atoms in total. The van der Waals surface area contributed by atoms with Crippen molar-refractivity contribution >= 4 is 23.4 Å². The van der Waals surface area contributed by atoms with Crippen molar-refractivity contribution in [3.05, 3.63) is 30.3 Å². The second-order valence-electron chi connectivity index (χ2n) is 4.27. The highest BCUT2D eigenvalue weighted by Gasteiger charge is 2.14. The van der Waals surface area contributed by atoms with Crippen LogP contribution in [0.5, 0.6) is 0 Å². The van der Waals surface area contributed by atoms with E-state index in [9.17, 15) is 4.79 Å². The molecule has 0 bridgehead atoms. The van der Waals surface area contributed by atoms with E-state index in [4.69, 9.17) is 0 Å². The number of hydrogen-bond donors (Lipinski definition) is 2. The maximum Gasteiger partial charge on any atom is 0.238 e. The molecule has 4 heteroatoms. The molecule has 0 saturated carbocycles. The molecule has 1 aliphatic rings. The molecule has 1 aromatic carbocycles. The van der Waals surface area contributed by atoms with E-state index >= 15 is 0 Å². The first-order valence-corrected chi connectivity index (χ1v) is 7.13. The van der Waals surface area contributed by atoms with Gasteiger partial charge in [-0.1, -0.05) is 18.2 Å². The van der Waals surface area contributed by atoms with Gasteiger partial charge >= 0.3 is 0 Å². The van der Waals surface area contributed by atoms with Crippen molar-refractivity contribution in [3.63, 3.8) is 0 Å². The van der Waals surface area contributed by atoms with E-state index in [1.165, 1.54) is 17.9 Å². The highest BCUT2D eigenvalue weighted by atomic mass is 32.2. The Kier molecular flexibility index (Phi) is 4.88. The molecule has 1 unspecified atom stereocenters. The molecule has 1 aromatic rings. The maximum absolute atomic E-state index is 11.6. The van der Waals surface area contributed by atoms with E-state index in [-0.39, 0.29) is 5.91 Å². The lowest BCUT2D eigenvalue weighted by molar-refractivity contribution is -0.115. The molecular weight excluding hydrogens is 232 g/mol. The van der Waals surface area contributed by atoms with Crippen LogP contribution < -0.4 is 10.6 Å². The van der Waals surface area contributed by atoms with Gasteiger partial charge < -0.3 is 10.6 Å². The normalized spacial score (nSPS) is 19.2. The van der Waals surface area contributed by atoms with E-state index in [1.54, 1.807) is 0 Å². The van der Waals surface area contributed by atoms with Gasteiger partial charge in [0.15, 0.2) is 0 Å². The first-order chi connectivity index (χ1) is 8.34. The highest BCUT2D eigenvalue weighted by molar-refractivity contribution is 7.99. The zero-order valence-electron chi connectivity index (χ0n) is 9.82. The Labute approximate surface area is 106 Å². The summed E-state index contributed by atoms with van der Waals surface area (Å²) in [6, 6.07) is 9.56. The zero-order valence-corrected chi connectivity index (χ0v) is 10.6. The molecule has 1 heterocycles. The van der Waals surface area contributed by atoms with Crippen molar-refractivity contribution in [3.8, 4) is 0 Å². The van der Waals surface area contributed by atoms with Crippen molar-refractivity contribution < 1.29 is 4.79 Å². The minimum absolute atomic E-state index is 0.0295. The minimum atomic E-state index is 0.0295. The molecule has 1 aliphatic heterocycles. The molecule has 1 saturated heterocycles.